The molecule has 2 N–H and O–H groups in total. The van der Waals surface area contributed by atoms with E-state index < -0.39 is 12.4 Å². The molecule has 0 aliphatic carbocycles. The molecule has 0 radical (unpaired) electrons. The Balaban J connectivity index is 2.24. The van der Waals surface area contributed by atoms with Crippen LogP contribution in [0.5, 0.6) is 0 Å². The molecule has 112 valence electrons. The summed E-state index contributed by atoms with van der Waals surface area (Å²) in [5.74, 6) is 0. The lowest BCUT2D eigenvalue weighted by atomic mass is 10.1. The molecule has 0 saturated carbocycles. The first-order chi connectivity index (χ1) is 10.1. The van der Waals surface area contributed by atoms with Crippen molar-refractivity contribution in [3.8, 4) is 0 Å². The first kappa shape index (κ1) is 16.3. The number of halogens is 2. The Labute approximate surface area is 133 Å². The molecule has 0 aromatic heterocycles. The van der Waals surface area contributed by atoms with Crippen molar-refractivity contribution >= 4 is 23.2 Å². The van der Waals surface area contributed by atoms with E-state index in [0.717, 1.165) is 0 Å². The van der Waals surface area contributed by atoms with Crippen molar-refractivity contribution < 1.29 is 14.9 Å². The zero-order valence-corrected chi connectivity index (χ0v) is 12.8. The number of aliphatic hydroxyl groups excluding tert-OH is 2. The van der Waals surface area contributed by atoms with Crippen LogP contribution in [0.1, 0.15) is 29.9 Å². The van der Waals surface area contributed by atoms with Gasteiger partial charge in [-0.15, -0.1) is 0 Å². The van der Waals surface area contributed by atoms with Gasteiger partial charge in [-0.05, 0) is 12.1 Å². The molecule has 0 aliphatic rings. The Kier molecular flexibility index (Phi) is 6.03. The zero-order valence-electron chi connectivity index (χ0n) is 11.2. The molecule has 0 heterocycles. The summed E-state index contributed by atoms with van der Waals surface area (Å²) in [7, 11) is 0. The predicted octanol–water partition coefficient (Wildman–Crippen LogP) is 4.12. The molecule has 0 bridgehead atoms. The van der Waals surface area contributed by atoms with Gasteiger partial charge < -0.3 is 14.9 Å². The van der Waals surface area contributed by atoms with Crippen LogP contribution < -0.4 is 0 Å². The van der Waals surface area contributed by atoms with Crippen LogP contribution in [0.3, 0.4) is 0 Å². The Morgan fingerprint density at radius 2 is 1.57 bits per heavy atom. The maximum atomic E-state index is 10.2. The standard InChI is InChI=1S/C16H16Cl2O3/c17-12-7-4-8-13(18)15(12)14(9-10-19)21-16(20)11-5-2-1-3-6-11/h1-8,14,16,19-20H,9-10H2. The van der Waals surface area contributed by atoms with Gasteiger partial charge in [0.2, 0.25) is 0 Å². The van der Waals surface area contributed by atoms with Gasteiger partial charge >= 0.3 is 0 Å². The van der Waals surface area contributed by atoms with Crippen LogP contribution in [-0.2, 0) is 4.74 Å². The van der Waals surface area contributed by atoms with Gasteiger partial charge in [-0.1, -0.05) is 59.6 Å². The fourth-order valence-corrected chi connectivity index (χ4v) is 2.71. The number of aliphatic hydroxyl groups is 2. The van der Waals surface area contributed by atoms with Crippen LogP contribution in [0.4, 0.5) is 0 Å². The fraction of sp³-hybridized carbons (Fsp3) is 0.250. The molecule has 2 atom stereocenters. The van der Waals surface area contributed by atoms with Crippen molar-refractivity contribution in [2.75, 3.05) is 6.61 Å². The van der Waals surface area contributed by atoms with Crippen molar-refractivity contribution in [3.05, 3.63) is 69.7 Å². The Morgan fingerprint density at radius 3 is 2.14 bits per heavy atom. The molecule has 0 fully saturated rings. The first-order valence-electron chi connectivity index (χ1n) is 6.56. The Bertz CT molecular complexity index is 555. The highest BCUT2D eigenvalue weighted by molar-refractivity contribution is 6.36. The second-order valence-electron chi connectivity index (χ2n) is 4.54. The fourth-order valence-electron chi connectivity index (χ4n) is 2.07. The van der Waals surface area contributed by atoms with Gasteiger partial charge in [0.05, 0.1) is 6.10 Å². The van der Waals surface area contributed by atoms with Crippen molar-refractivity contribution in [2.45, 2.75) is 18.8 Å². The first-order valence-corrected chi connectivity index (χ1v) is 7.32. The predicted molar refractivity (Wildman–Crippen MR) is 83.4 cm³/mol. The number of rotatable bonds is 6. The maximum absolute atomic E-state index is 10.2. The van der Waals surface area contributed by atoms with E-state index in [0.29, 0.717) is 21.2 Å². The third kappa shape index (κ3) is 4.19. The Morgan fingerprint density at radius 1 is 0.952 bits per heavy atom. The molecule has 0 saturated heterocycles. The van der Waals surface area contributed by atoms with Crippen molar-refractivity contribution in [1.29, 1.82) is 0 Å². The molecule has 3 nitrogen and oxygen atoms in total. The van der Waals surface area contributed by atoms with Gasteiger partial charge in [0.15, 0.2) is 6.29 Å². The molecule has 2 aromatic carbocycles. The molecule has 21 heavy (non-hydrogen) atoms. The summed E-state index contributed by atoms with van der Waals surface area (Å²) >= 11 is 12.3. The van der Waals surface area contributed by atoms with E-state index in [1.165, 1.54) is 0 Å². The molecule has 2 aromatic rings. The Hall–Kier alpha value is -1.10. The van der Waals surface area contributed by atoms with E-state index in [1.54, 1.807) is 30.3 Å². The lowest BCUT2D eigenvalue weighted by Gasteiger charge is -2.23. The molecule has 5 heteroatoms. The third-order valence-electron chi connectivity index (χ3n) is 3.09. The highest BCUT2D eigenvalue weighted by atomic mass is 35.5. The lowest BCUT2D eigenvalue weighted by molar-refractivity contribution is -0.146. The highest BCUT2D eigenvalue weighted by Crippen LogP contribution is 2.36. The summed E-state index contributed by atoms with van der Waals surface area (Å²) in [5.41, 5.74) is 1.20. The van der Waals surface area contributed by atoms with Gasteiger partial charge in [0, 0.05) is 34.2 Å². The summed E-state index contributed by atoms with van der Waals surface area (Å²) in [5, 5.41) is 20.3. The van der Waals surface area contributed by atoms with Gasteiger partial charge in [-0.25, -0.2) is 0 Å². The quantitative estimate of drug-likeness (QED) is 0.785. The minimum Gasteiger partial charge on any atom is -0.396 e. The minimum absolute atomic E-state index is 0.103. The monoisotopic (exact) mass is 326 g/mol. The summed E-state index contributed by atoms with van der Waals surface area (Å²) < 4.78 is 5.65. The van der Waals surface area contributed by atoms with E-state index in [9.17, 15) is 10.2 Å². The number of benzene rings is 2. The summed E-state index contributed by atoms with van der Waals surface area (Å²) in [6, 6.07) is 14.1. The van der Waals surface area contributed by atoms with E-state index >= 15 is 0 Å². The third-order valence-corrected chi connectivity index (χ3v) is 3.75. The highest BCUT2D eigenvalue weighted by Gasteiger charge is 2.22. The summed E-state index contributed by atoms with van der Waals surface area (Å²) in [6.07, 6.45) is -1.42. The minimum atomic E-state index is -1.12. The van der Waals surface area contributed by atoms with E-state index in [4.69, 9.17) is 27.9 Å². The molecule has 2 unspecified atom stereocenters. The van der Waals surface area contributed by atoms with Gasteiger partial charge in [0.1, 0.15) is 0 Å². The topological polar surface area (TPSA) is 49.7 Å². The van der Waals surface area contributed by atoms with E-state index in [1.807, 2.05) is 18.2 Å². The van der Waals surface area contributed by atoms with Crippen LogP contribution in [0.2, 0.25) is 10.0 Å². The number of hydrogen-bond donors (Lipinski definition) is 2. The van der Waals surface area contributed by atoms with Crippen LogP contribution in [0, 0.1) is 0 Å². The van der Waals surface area contributed by atoms with Crippen LogP contribution >= 0.6 is 23.2 Å². The molecular formula is C16H16Cl2O3. The lowest BCUT2D eigenvalue weighted by Crippen LogP contribution is -2.12. The average molecular weight is 327 g/mol. The number of ether oxygens (including phenoxy) is 1. The molecule has 0 spiro atoms. The van der Waals surface area contributed by atoms with Gasteiger partial charge in [-0.3, -0.25) is 0 Å². The van der Waals surface area contributed by atoms with Crippen LogP contribution in [0.25, 0.3) is 0 Å². The normalized spacial score (nSPS) is 13.9. The van der Waals surface area contributed by atoms with E-state index in [2.05, 4.69) is 0 Å². The molecule has 0 aliphatic heterocycles. The maximum Gasteiger partial charge on any atom is 0.181 e. The zero-order chi connectivity index (χ0) is 15.2. The van der Waals surface area contributed by atoms with Crippen molar-refractivity contribution in [1.82, 2.24) is 0 Å². The van der Waals surface area contributed by atoms with Gasteiger partial charge in [0.25, 0.3) is 0 Å². The van der Waals surface area contributed by atoms with Crippen LogP contribution in [-0.4, -0.2) is 16.8 Å². The molecule has 2 rings (SSSR count). The van der Waals surface area contributed by atoms with Crippen molar-refractivity contribution in [2.24, 2.45) is 0 Å². The molecular weight excluding hydrogens is 311 g/mol. The summed E-state index contributed by atoms with van der Waals surface area (Å²) in [4.78, 5) is 0. The molecule has 0 amide bonds. The summed E-state index contributed by atoms with van der Waals surface area (Å²) in [6.45, 7) is -0.103. The van der Waals surface area contributed by atoms with Gasteiger partial charge in [-0.2, -0.15) is 0 Å². The second-order valence-corrected chi connectivity index (χ2v) is 5.35. The smallest absolute Gasteiger partial charge is 0.181 e. The number of hydrogen-bond acceptors (Lipinski definition) is 3. The largest absolute Gasteiger partial charge is 0.396 e. The SMILES string of the molecule is OCCC(OC(O)c1ccccc1)c1c(Cl)cccc1Cl. The van der Waals surface area contributed by atoms with Crippen LogP contribution in [0.15, 0.2) is 48.5 Å². The van der Waals surface area contributed by atoms with Crippen molar-refractivity contribution in [3.63, 3.8) is 0 Å². The second kappa shape index (κ2) is 7.78. The average Bonchev–Trinajstić information content (AvgIpc) is 2.48. The van der Waals surface area contributed by atoms with E-state index in [-0.39, 0.29) is 13.0 Å².